The molecule has 0 fully saturated rings. The van der Waals surface area contributed by atoms with E-state index in [1.54, 1.807) is 12.1 Å². The number of benzene rings is 1. The van der Waals surface area contributed by atoms with Gasteiger partial charge in [-0.1, -0.05) is 26.0 Å². The van der Waals surface area contributed by atoms with Crippen LogP contribution in [0.25, 0.3) is 0 Å². The fraction of sp³-hybridized carbons (Fsp3) is 0.538. The summed E-state index contributed by atoms with van der Waals surface area (Å²) >= 11 is 0. The number of hydrogen-bond donors (Lipinski definition) is 2. The molecule has 0 atom stereocenters. The number of hydrogen-bond acceptors (Lipinski definition) is 2. The molecule has 3 N–H and O–H groups in total. The molecule has 1 aromatic rings. The number of nitrogens with two attached hydrogens (primary N) is 1. The highest BCUT2D eigenvalue weighted by Gasteiger charge is 2.15. The average Bonchev–Trinajstić information content (AvgIpc) is 2.20. The van der Waals surface area contributed by atoms with Gasteiger partial charge in [0.15, 0.2) is 0 Å². The minimum absolute atomic E-state index is 0.188. The summed E-state index contributed by atoms with van der Waals surface area (Å²) in [5, 5.41) is 3.37. The first-order valence-electron chi connectivity index (χ1n) is 5.69. The van der Waals surface area contributed by atoms with Gasteiger partial charge in [-0.2, -0.15) is 0 Å². The minimum atomic E-state index is -0.188. The van der Waals surface area contributed by atoms with Crippen molar-refractivity contribution in [2.45, 2.75) is 26.8 Å². The van der Waals surface area contributed by atoms with Gasteiger partial charge < -0.3 is 11.1 Å². The second-order valence-electron chi connectivity index (χ2n) is 4.93. The number of nitrogens with one attached hydrogen (secondary N) is 1. The zero-order chi connectivity index (χ0) is 12.0. The van der Waals surface area contributed by atoms with Crippen molar-refractivity contribution in [2.75, 3.05) is 13.1 Å². The van der Waals surface area contributed by atoms with Gasteiger partial charge in [0.1, 0.15) is 5.82 Å². The van der Waals surface area contributed by atoms with Crippen LogP contribution in [0.3, 0.4) is 0 Å². The molecule has 1 rings (SSSR count). The molecular weight excluding hydrogens is 203 g/mol. The van der Waals surface area contributed by atoms with E-state index in [4.69, 9.17) is 5.73 Å². The van der Waals surface area contributed by atoms with E-state index >= 15 is 0 Å². The van der Waals surface area contributed by atoms with Gasteiger partial charge in [-0.05, 0) is 36.1 Å². The van der Waals surface area contributed by atoms with Gasteiger partial charge >= 0.3 is 0 Å². The lowest BCUT2D eigenvalue weighted by atomic mass is 9.89. The molecule has 90 valence electrons. The van der Waals surface area contributed by atoms with Gasteiger partial charge in [0.05, 0.1) is 0 Å². The normalized spacial score (nSPS) is 11.8. The van der Waals surface area contributed by atoms with Crippen molar-refractivity contribution in [2.24, 2.45) is 11.1 Å². The maximum Gasteiger partial charge on any atom is 0.123 e. The molecule has 0 aromatic heterocycles. The van der Waals surface area contributed by atoms with Crippen molar-refractivity contribution >= 4 is 0 Å². The zero-order valence-corrected chi connectivity index (χ0v) is 10.1. The second-order valence-corrected chi connectivity index (χ2v) is 4.93. The van der Waals surface area contributed by atoms with Crippen molar-refractivity contribution in [1.29, 1.82) is 0 Å². The molecule has 1 aromatic carbocycles. The van der Waals surface area contributed by atoms with Crippen LogP contribution in [-0.4, -0.2) is 13.1 Å². The van der Waals surface area contributed by atoms with Crippen LogP contribution >= 0.6 is 0 Å². The molecule has 0 unspecified atom stereocenters. The predicted molar refractivity (Wildman–Crippen MR) is 65.6 cm³/mol. The van der Waals surface area contributed by atoms with E-state index < -0.39 is 0 Å². The Morgan fingerprint density at radius 1 is 1.25 bits per heavy atom. The standard InChI is InChI=1S/C13H21FN2/c1-13(2,7-8-15)10-16-9-11-3-5-12(14)6-4-11/h3-6,16H,7-10,15H2,1-2H3. The summed E-state index contributed by atoms with van der Waals surface area (Å²) in [6, 6.07) is 6.58. The van der Waals surface area contributed by atoms with Crippen LogP contribution in [0.2, 0.25) is 0 Å². The summed E-state index contributed by atoms with van der Waals surface area (Å²) in [6.45, 7) is 6.79. The van der Waals surface area contributed by atoms with Gasteiger partial charge in [0.25, 0.3) is 0 Å². The van der Waals surface area contributed by atoms with Crippen molar-refractivity contribution in [3.8, 4) is 0 Å². The van der Waals surface area contributed by atoms with Gasteiger partial charge in [-0.3, -0.25) is 0 Å². The Balaban J connectivity index is 2.32. The molecule has 0 radical (unpaired) electrons. The SMILES string of the molecule is CC(C)(CCN)CNCc1ccc(F)cc1. The van der Waals surface area contributed by atoms with Gasteiger partial charge in [-0.25, -0.2) is 4.39 Å². The summed E-state index contributed by atoms with van der Waals surface area (Å²) in [5.41, 5.74) is 6.86. The molecule has 0 saturated carbocycles. The third kappa shape index (κ3) is 4.73. The fourth-order valence-electron chi connectivity index (χ4n) is 1.63. The van der Waals surface area contributed by atoms with E-state index in [9.17, 15) is 4.39 Å². The fourth-order valence-corrected chi connectivity index (χ4v) is 1.63. The molecule has 0 spiro atoms. The quantitative estimate of drug-likeness (QED) is 0.778. The van der Waals surface area contributed by atoms with Crippen molar-refractivity contribution < 1.29 is 4.39 Å². The Labute approximate surface area is 97.0 Å². The van der Waals surface area contributed by atoms with Gasteiger partial charge in [0.2, 0.25) is 0 Å². The first kappa shape index (κ1) is 13.1. The monoisotopic (exact) mass is 224 g/mol. The third-order valence-corrected chi connectivity index (χ3v) is 2.67. The molecule has 2 nitrogen and oxygen atoms in total. The minimum Gasteiger partial charge on any atom is -0.330 e. The summed E-state index contributed by atoms with van der Waals surface area (Å²) in [5.74, 6) is -0.188. The Bertz CT molecular complexity index is 306. The maximum absolute atomic E-state index is 12.7. The number of halogens is 1. The smallest absolute Gasteiger partial charge is 0.123 e. The van der Waals surface area contributed by atoms with Crippen molar-refractivity contribution in [3.05, 3.63) is 35.6 Å². The molecule has 0 aliphatic heterocycles. The van der Waals surface area contributed by atoms with Crippen molar-refractivity contribution in [3.63, 3.8) is 0 Å². The molecule has 0 aliphatic rings. The van der Waals surface area contributed by atoms with Crippen LogP contribution in [0, 0.1) is 11.2 Å². The van der Waals surface area contributed by atoms with E-state index in [2.05, 4.69) is 19.2 Å². The Hall–Kier alpha value is -0.930. The summed E-state index contributed by atoms with van der Waals surface area (Å²) < 4.78 is 12.7. The zero-order valence-electron chi connectivity index (χ0n) is 10.1. The lowest BCUT2D eigenvalue weighted by molar-refractivity contribution is 0.319. The van der Waals surface area contributed by atoms with E-state index in [1.807, 2.05) is 0 Å². The molecule has 3 heteroatoms. The van der Waals surface area contributed by atoms with E-state index in [0.29, 0.717) is 6.54 Å². The van der Waals surface area contributed by atoms with Gasteiger partial charge in [-0.15, -0.1) is 0 Å². The van der Waals surface area contributed by atoms with Crippen LogP contribution in [-0.2, 0) is 6.54 Å². The Morgan fingerprint density at radius 3 is 2.44 bits per heavy atom. The molecule has 0 heterocycles. The van der Waals surface area contributed by atoms with E-state index in [-0.39, 0.29) is 11.2 Å². The van der Waals surface area contributed by atoms with E-state index in [0.717, 1.165) is 25.1 Å². The Kier molecular flexibility index (Phi) is 4.90. The predicted octanol–water partition coefficient (Wildman–Crippen LogP) is 2.29. The third-order valence-electron chi connectivity index (χ3n) is 2.67. The summed E-state index contributed by atoms with van der Waals surface area (Å²) in [7, 11) is 0. The Morgan fingerprint density at radius 2 is 1.88 bits per heavy atom. The lowest BCUT2D eigenvalue weighted by Gasteiger charge is -2.24. The molecule has 16 heavy (non-hydrogen) atoms. The van der Waals surface area contributed by atoms with Crippen molar-refractivity contribution in [1.82, 2.24) is 5.32 Å². The van der Waals surface area contributed by atoms with Crippen LogP contribution in [0.15, 0.2) is 24.3 Å². The molecule has 0 bridgehead atoms. The molecular formula is C13H21FN2. The summed E-state index contributed by atoms with van der Waals surface area (Å²) in [4.78, 5) is 0. The molecule has 0 saturated heterocycles. The topological polar surface area (TPSA) is 38.0 Å². The molecule has 0 aliphatic carbocycles. The molecule has 0 amide bonds. The van der Waals surface area contributed by atoms with E-state index in [1.165, 1.54) is 12.1 Å². The highest BCUT2D eigenvalue weighted by Crippen LogP contribution is 2.17. The second kappa shape index (κ2) is 5.97. The highest BCUT2D eigenvalue weighted by atomic mass is 19.1. The highest BCUT2D eigenvalue weighted by molar-refractivity contribution is 5.15. The maximum atomic E-state index is 12.7. The number of rotatable bonds is 6. The lowest BCUT2D eigenvalue weighted by Crippen LogP contribution is -2.30. The van der Waals surface area contributed by atoms with Crippen LogP contribution in [0.1, 0.15) is 25.8 Å². The largest absolute Gasteiger partial charge is 0.330 e. The van der Waals surface area contributed by atoms with Crippen LogP contribution < -0.4 is 11.1 Å². The summed E-state index contributed by atoms with van der Waals surface area (Å²) in [6.07, 6.45) is 1.00. The first-order chi connectivity index (χ1) is 7.53. The average molecular weight is 224 g/mol. The van der Waals surface area contributed by atoms with Crippen LogP contribution in [0.5, 0.6) is 0 Å². The first-order valence-corrected chi connectivity index (χ1v) is 5.69. The van der Waals surface area contributed by atoms with Gasteiger partial charge in [0, 0.05) is 13.1 Å². The van der Waals surface area contributed by atoms with Crippen LogP contribution in [0.4, 0.5) is 4.39 Å².